The first-order valence-electron chi connectivity index (χ1n) is 11.2. The van der Waals surface area contributed by atoms with Crippen molar-refractivity contribution in [2.75, 3.05) is 25.5 Å². The van der Waals surface area contributed by atoms with Crippen molar-refractivity contribution in [2.24, 2.45) is 10.9 Å². The summed E-state index contributed by atoms with van der Waals surface area (Å²) in [6.07, 6.45) is 6.66. The summed E-state index contributed by atoms with van der Waals surface area (Å²) in [5.74, 6) is 1.19. The molecule has 1 saturated carbocycles. The predicted octanol–water partition coefficient (Wildman–Crippen LogP) is 3.35. The molecule has 1 aliphatic heterocycles. The van der Waals surface area contributed by atoms with Gasteiger partial charge in [0, 0.05) is 50.4 Å². The van der Waals surface area contributed by atoms with Crippen LogP contribution in [0.1, 0.15) is 57.9 Å². The summed E-state index contributed by atoms with van der Waals surface area (Å²) in [5, 5.41) is 10.1. The quantitative estimate of drug-likeness (QED) is 0.507. The zero-order chi connectivity index (χ0) is 20.6. The molecule has 0 spiro atoms. The van der Waals surface area contributed by atoms with Crippen LogP contribution in [0.15, 0.2) is 29.3 Å². The molecule has 1 aromatic carbocycles. The second-order valence-corrected chi connectivity index (χ2v) is 8.65. The number of carbonyl (C=O) groups excluding carboxylic acids is 1. The van der Waals surface area contributed by atoms with E-state index in [-0.39, 0.29) is 11.8 Å². The molecule has 3 N–H and O–H groups in total. The van der Waals surface area contributed by atoms with Crippen molar-refractivity contribution in [2.45, 2.75) is 71.0 Å². The topological polar surface area (TPSA) is 68.8 Å². The number of hydrogen-bond acceptors (Lipinski definition) is 3. The van der Waals surface area contributed by atoms with E-state index in [4.69, 9.17) is 0 Å². The number of likely N-dealkylation sites (tertiary alicyclic amines) is 1. The number of nitrogens with one attached hydrogen (secondary N) is 3. The number of rotatable bonds is 6. The molecular formula is C23H37N5O. The Morgan fingerprint density at radius 1 is 1.17 bits per heavy atom. The molecule has 160 valence electrons. The van der Waals surface area contributed by atoms with Gasteiger partial charge < -0.3 is 20.9 Å². The Labute approximate surface area is 175 Å². The molecule has 6 heteroatoms. The molecule has 1 aliphatic carbocycles. The molecule has 0 unspecified atom stereocenters. The molecule has 29 heavy (non-hydrogen) atoms. The molecule has 2 fully saturated rings. The van der Waals surface area contributed by atoms with E-state index in [1.807, 2.05) is 25.2 Å². The maximum absolute atomic E-state index is 12.4. The maximum atomic E-state index is 12.4. The van der Waals surface area contributed by atoms with Crippen LogP contribution in [-0.2, 0) is 11.3 Å². The molecule has 2 aliphatic rings. The van der Waals surface area contributed by atoms with Crippen LogP contribution >= 0.6 is 0 Å². The van der Waals surface area contributed by atoms with Gasteiger partial charge in [0.1, 0.15) is 0 Å². The van der Waals surface area contributed by atoms with Gasteiger partial charge >= 0.3 is 0 Å². The van der Waals surface area contributed by atoms with E-state index in [9.17, 15) is 4.79 Å². The third-order valence-corrected chi connectivity index (χ3v) is 6.20. The van der Waals surface area contributed by atoms with E-state index in [1.54, 1.807) is 0 Å². The highest BCUT2D eigenvalue weighted by Gasteiger charge is 2.23. The average Bonchev–Trinajstić information content (AvgIpc) is 3.27. The van der Waals surface area contributed by atoms with Crippen molar-refractivity contribution in [3.05, 3.63) is 29.8 Å². The van der Waals surface area contributed by atoms with Gasteiger partial charge in [0.2, 0.25) is 5.91 Å². The molecule has 0 bridgehead atoms. The summed E-state index contributed by atoms with van der Waals surface area (Å²) in [4.78, 5) is 19.3. The molecule has 1 amide bonds. The molecule has 1 saturated heterocycles. The van der Waals surface area contributed by atoms with Crippen LogP contribution in [0.3, 0.4) is 0 Å². The summed E-state index contributed by atoms with van der Waals surface area (Å²) < 4.78 is 0. The number of carbonyl (C=O) groups is 1. The highest BCUT2D eigenvalue weighted by Crippen LogP contribution is 2.26. The summed E-state index contributed by atoms with van der Waals surface area (Å²) in [6.45, 7) is 7.47. The molecule has 1 heterocycles. The lowest BCUT2D eigenvalue weighted by Crippen LogP contribution is -2.49. The van der Waals surface area contributed by atoms with Gasteiger partial charge in [-0.3, -0.25) is 9.79 Å². The number of hydrogen-bond donors (Lipinski definition) is 3. The minimum atomic E-state index is 0.165. The first kappa shape index (κ1) is 21.6. The summed E-state index contributed by atoms with van der Waals surface area (Å²) in [7, 11) is 1.82. The zero-order valence-electron chi connectivity index (χ0n) is 18.2. The first-order chi connectivity index (χ1) is 14.0. The van der Waals surface area contributed by atoms with Crippen molar-refractivity contribution < 1.29 is 4.79 Å². The SMILES string of the molecule is CN=C(NCc1cccc(NC(=O)C2CCCC2)c1)NC1CCN(C(C)C)CC1. The summed E-state index contributed by atoms with van der Waals surface area (Å²) in [5.41, 5.74) is 2.01. The second-order valence-electron chi connectivity index (χ2n) is 8.65. The van der Waals surface area contributed by atoms with Crippen molar-refractivity contribution in [1.82, 2.24) is 15.5 Å². The molecule has 0 radical (unpaired) electrons. The van der Waals surface area contributed by atoms with E-state index in [2.05, 4.69) is 45.8 Å². The number of benzene rings is 1. The van der Waals surface area contributed by atoms with Crippen LogP contribution in [0.25, 0.3) is 0 Å². The van der Waals surface area contributed by atoms with Gasteiger partial charge in [-0.2, -0.15) is 0 Å². The molecule has 3 rings (SSSR count). The number of nitrogens with zero attached hydrogens (tertiary/aromatic N) is 2. The van der Waals surface area contributed by atoms with Crippen LogP contribution in [0.2, 0.25) is 0 Å². The third kappa shape index (κ3) is 6.46. The number of guanidine groups is 1. The Hall–Kier alpha value is -2.08. The standard InChI is InChI=1S/C23H37N5O/c1-17(2)28-13-11-20(12-14-28)27-23(24-3)25-16-18-7-6-10-21(15-18)26-22(29)19-8-4-5-9-19/h6-7,10,15,17,19-20H,4-5,8-9,11-14,16H2,1-3H3,(H,26,29)(H2,24,25,27). The maximum Gasteiger partial charge on any atom is 0.227 e. The highest BCUT2D eigenvalue weighted by atomic mass is 16.1. The lowest BCUT2D eigenvalue weighted by Gasteiger charge is -2.35. The monoisotopic (exact) mass is 399 g/mol. The molecule has 6 nitrogen and oxygen atoms in total. The fraction of sp³-hybridized carbons (Fsp3) is 0.652. The minimum Gasteiger partial charge on any atom is -0.354 e. The smallest absolute Gasteiger partial charge is 0.227 e. The highest BCUT2D eigenvalue weighted by molar-refractivity contribution is 5.92. The number of amides is 1. The molecular weight excluding hydrogens is 362 g/mol. The van der Waals surface area contributed by atoms with Crippen molar-refractivity contribution in [1.29, 1.82) is 0 Å². The Kier molecular flexibility index (Phi) is 7.92. The van der Waals surface area contributed by atoms with Crippen LogP contribution in [-0.4, -0.2) is 49.0 Å². The van der Waals surface area contributed by atoms with Gasteiger partial charge in [-0.15, -0.1) is 0 Å². The minimum absolute atomic E-state index is 0.165. The Morgan fingerprint density at radius 2 is 1.90 bits per heavy atom. The zero-order valence-corrected chi connectivity index (χ0v) is 18.2. The fourth-order valence-corrected chi connectivity index (χ4v) is 4.33. The first-order valence-corrected chi connectivity index (χ1v) is 11.2. The van der Waals surface area contributed by atoms with E-state index in [1.165, 1.54) is 12.8 Å². The Bertz CT molecular complexity index is 688. The lowest BCUT2D eigenvalue weighted by atomic mass is 10.0. The van der Waals surface area contributed by atoms with E-state index in [0.717, 1.165) is 56.0 Å². The van der Waals surface area contributed by atoms with Crippen molar-refractivity contribution in [3.8, 4) is 0 Å². The van der Waals surface area contributed by atoms with Crippen molar-refractivity contribution in [3.63, 3.8) is 0 Å². The lowest BCUT2D eigenvalue weighted by molar-refractivity contribution is -0.119. The van der Waals surface area contributed by atoms with Crippen LogP contribution in [0.5, 0.6) is 0 Å². The van der Waals surface area contributed by atoms with Crippen molar-refractivity contribution >= 4 is 17.6 Å². The number of aliphatic imine (C=N–C) groups is 1. The van der Waals surface area contributed by atoms with E-state index >= 15 is 0 Å². The van der Waals surface area contributed by atoms with Gasteiger partial charge in [-0.05, 0) is 57.2 Å². The van der Waals surface area contributed by atoms with Gasteiger partial charge in [-0.1, -0.05) is 25.0 Å². The number of anilines is 1. The largest absolute Gasteiger partial charge is 0.354 e. The fourth-order valence-electron chi connectivity index (χ4n) is 4.33. The number of piperidine rings is 1. The van der Waals surface area contributed by atoms with Gasteiger partial charge in [0.05, 0.1) is 0 Å². The normalized spacial score (nSPS) is 19.5. The molecule has 1 aromatic rings. The molecule has 0 atom stereocenters. The Morgan fingerprint density at radius 3 is 2.55 bits per heavy atom. The summed E-state index contributed by atoms with van der Waals surface area (Å²) in [6, 6.07) is 9.18. The summed E-state index contributed by atoms with van der Waals surface area (Å²) >= 11 is 0. The van der Waals surface area contributed by atoms with E-state index in [0.29, 0.717) is 18.6 Å². The second kappa shape index (κ2) is 10.6. The van der Waals surface area contributed by atoms with Crippen LogP contribution < -0.4 is 16.0 Å². The van der Waals surface area contributed by atoms with Gasteiger partial charge in [0.15, 0.2) is 5.96 Å². The molecule has 0 aromatic heterocycles. The van der Waals surface area contributed by atoms with Crippen LogP contribution in [0, 0.1) is 5.92 Å². The Balaban J connectivity index is 1.46. The van der Waals surface area contributed by atoms with Crippen LogP contribution in [0.4, 0.5) is 5.69 Å². The van der Waals surface area contributed by atoms with E-state index < -0.39 is 0 Å². The van der Waals surface area contributed by atoms with Gasteiger partial charge in [0.25, 0.3) is 0 Å². The van der Waals surface area contributed by atoms with Gasteiger partial charge in [-0.25, -0.2) is 0 Å². The third-order valence-electron chi connectivity index (χ3n) is 6.20. The average molecular weight is 400 g/mol. The predicted molar refractivity (Wildman–Crippen MR) is 120 cm³/mol.